The molecule has 1 aromatic heterocycles. The Balaban J connectivity index is 1.97. The number of nitrogens with one attached hydrogen (secondary N) is 1. The number of fused-ring (bicyclic) bond motifs is 1. The summed E-state index contributed by atoms with van der Waals surface area (Å²) in [5, 5.41) is 7.37. The zero-order valence-electron chi connectivity index (χ0n) is 10.6. The lowest BCUT2D eigenvalue weighted by Gasteiger charge is -2.23. The van der Waals surface area contributed by atoms with Crippen LogP contribution in [0.5, 0.6) is 0 Å². The maximum atomic E-state index is 5.39. The molecular formula is C13H16N4O. The molecule has 1 N–H and O–H groups in total. The number of nitrogens with zero attached hydrogens (tertiary/aromatic N) is 3. The van der Waals surface area contributed by atoms with Gasteiger partial charge in [-0.05, 0) is 23.2 Å². The Kier molecular flexibility index (Phi) is 2.66. The fraction of sp³-hybridized carbons (Fsp3) is 0.385. The first-order valence-corrected chi connectivity index (χ1v) is 6.09. The van der Waals surface area contributed by atoms with E-state index in [1.807, 2.05) is 31.1 Å². The number of hydrogen-bond acceptors (Lipinski definition) is 5. The molecule has 1 atom stereocenters. The van der Waals surface area contributed by atoms with E-state index in [1.165, 1.54) is 11.3 Å². The summed E-state index contributed by atoms with van der Waals surface area (Å²) in [5.41, 5.74) is 2.40. The number of para-hydroxylation sites is 1. The lowest BCUT2D eigenvalue weighted by atomic mass is 9.91. The Labute approximate surface area is 106 Å². The summed E-state index contributed by atoms with van der Waals surface area (Å²) in [4.78, 5) is 6.30. The minimum absolute atomic E-state index is 0.198. The maximum absolute atomic E-state index is 5.39. The Morgan fingerprint density at radius 2 is 2.17 bits per heavy atom. The van der Waals surface area contributed by atoms with Crippen molar-refractivity contribution in [2.24, 2.45) is 0 Å². The zero-order chi connectivity index (χ0) is 12.5. The van der Waals surface area contributed by atoms with Crippen LogP contribution in [-0.4, -0.2) is 30.8 Å². The average Bonchev–Trinajstić information content (AvgIpc) is 2.87. The highest BCUT2D eigenvalue weighted by molar-refractivity contribution is 5.56. The molecule has 1 unspecified atom stereocenters. The van der Waals surface area contributed by atoms with E-state index < -0.39 is 0 Å². The number of anilines is 2. The quantitative estimate of drug-likeness (QED) is 0.876. The summed E-state index contributed by atoms with van der Waals surface area (Å²) in [5.74, 6) is 1.53. The Morgan fingerprint density at radius 1 is 1.33 bits per heavy atom. The van der Waals surface area contributed by atoms with Crippen LogP contribution in [0.15, 0.2) is 28.8 Å². The molecule has 0 fully saturated rings. The van der Waals surface area contributed by atoms with Crippen molar-refractivity contribution in [3.8, 4) is 0 Å². The van der Waals surface area contributed by atoms with Crippen LogP contribution < -0.4 is 10.2 Å². The maximum Gasteiger partial charge on any atom is 0.265 e. The van der Waals surface area contributed by atoms with Gasteiger partial charge in [-0.25, -0.2) is 0 Å². The normalized spacial score (nSPS) is 18.0. The molecule has 0 aliphatic carbocycles. The highest BCUT2D eigenvalue weighted by Gasteiger charge is 2.26. The summed E-state index contributed by atoms with van der Waals surface area (Å²) < 4.78 is 5.39. The van der Waals surface area contributed by atoms with Gasteiger partial charge in [0, 0.05) is 26.3 Å². The smallest absolute Gasteiger partial charge is 0.265 e. The largest absolute Gasteiger partial charge is 0.385 e. The molecule has 2 heterocycles. The zero-order valence-corrected chi connectivity index (χ0v) is 10.6. The van der Waals surface area contributed by atoms with E-state index in [2.05, 4.69) is 27.6 Å². The molecule has 0 saturated heterocycles. The predicted octanol–water partition coefficient (Wildman–Crippen LogP) is 2.08. The lowest BCUT2D eigenvalue weighted by Crippen LogP contribution is -2.18. The summed E-state index contributed by atoms with van der Waals surface area (Å²) in [7, 11) is 3.82. The Hall–Kier alpha value is -2.04. The molecular weight excluding hydrogens is 228 g/mol. The van der Waals surface area contributed by atoms with Gasteiger partial charge < -0.3 is 14.7 Å². The first-order valence-electron chi connectivity index (χ1n) is 6.09. The molecule has 0 bridgehead atoms. The van der Waals surface area contributed by atoms with Crippen molar-refractivity contribution in [3.63, 3.8) is 0 Å². The second-order valence-electron chi connectivity index (χ2n) is 4.68. The van der Waals surface area contributed by atoms with Gasteiger partial charge in [0.25, 0.3) is 5.95 Å². The van der Waals surface area contributed by atoms with Gasteiger partial charge in [0.15, 0.2) is 0 Å². The van der Waals surface area contributed by atoms with E-state index in [1.54, 1.807) is 0 Å². The number of hydrogen-bond donors (Lipinski definition) is 1. The molecule has 0 radical (unpaired) electrons. The topological polar surface area (TPSA) is 54.2 Å². The van der Waals surface area contributed by atoms with Crippen LogP contribution in [0.2, 0.25) is 0 Å². The molecule has 1 aliphatic heterocycles. The summed E-state index contributed by atoms with van der Waals surface area (Å²) in [6.07, 6.45) is 0.978. The van der Waals surface area contributed by atoms with Crippen molar-refractivity contribution in [3.05, 3.63) is 35.7 Å². The van der Waals surface area contributed by atoms with Crippen LogP contribution in [0.3, 0.4) is 0 Å². The molecule has 2 aromatic rings. The van der Waals surface area contributed by atoms with Gasteiger partial charge in [-0.1, -0.05) is 18.2 Å². The molecule has 94 valence electrons. The van der Waals surface area contributed by atoms with Crippen LogP contribution in [0.1, 0.15) is 23.8 Å². The molecule has 0 saturated carbocycles. The second-order valence-corrected chi connectivity index (χ2v) is 4.68. The molecule has 5 nitrogen and oxygen atoms in total. The van der Waals surface area contributed by atoms with Gasteiger partial charge in [0.1, 0.15) is 0 Å². The molecule has 5 heteroatoms. The van der Waals surface area contributed by atoms with Crippen molar-refractivity contribution >= 4 is 11.6 Å². The molecule has 3 rings (SSSR count). The van der Waals surface area contributed by atoms with E-state index in [-0.39, 0.29) is 5.92 Å². The van der Waals surface area contributed by atoms with Crippen LogP contribution >= 0.6 is 0 Å². The van der Waals surface area contributed by atoms with Crippen LogP contribution in [0.25, 0.3) is 0 Å². The third-order valence-electron chi connectivity index (χ3n) is 3.21. The third-order valence-corrected chi connectivity index (χ3v) is 3.21. The minimum atomic E-state index is 0.198. The van der Waals surface area contributed by atoms with Crippen LogP contribution in [0.4, 0.5) is 11.6 Å². The SMILES string of the molecule is CN(C)c1noc(C2CCNc3ccccc32)n1. The van der Waals surface area contributed by atoms with E-state index in [0.29, 0.717) is 11.8 Å². The van der Waals surface area contributed by atoms with E-state index in [0.717, 1.165) is 13.0 Å². The summed E-state index contributed by atoms with van der Waals surface area (Å²) >= 11 is 0. The van der Waals surface area contributed by atoms with Gasteiger partial charge in [-0.3, -0.25) is 0 Å². The average molecular weight is 244 g/mol. The summed E-state index contributed by atoms with van der Waals surface area (Å²) in [6, 6.07) is 8.28. The first kappa shape index (κ1) is 11.1. The minimum Gasteiger partial charge on any atom is -0.385 e. The first-order chi connectivity index (χ1) is 8.75. The van der Waals surface area contributed by atoms with Crippen molar-refractivity contribution in [1.82, 2.24) is 10.1 Å². The van der Waals surface area contributed by atoms with Crippen LogP contribution in [-0.2, 0) is 0 Å². The van der Waals surface area contributed by atoms with E-state index in [9.17, 15) is 0 Å². The Morgan fingerprint density at radius 3 is 2.94 bits per heavy atom. The fourth-order valence-corrected chi connectivity index (χ4v) is 2.28. The van der Waals surface area contributed by atoms with Crippen molar-refractivity contribution in [1.29, 1.82) is 0 Å². The Bertz CT molecular complexity index is 549. The van der Waals surface area contributed by atoms with Gasteiger partial charge in [0.05, 0.1) is 5.92 Å². The standard InChI is InChI=1S/C13H16N4O/c1-17(2)13-15-12(18-16-13)10-7-8-14-11-6-4-3-5-9(10)11/h3-6,10,14H,7-8H2,1-2H3. The van der Waals surface area contributed by atoms with E-state index in [4.69, 9.17) is 4.52 Å². The summed E-state index contributed by atoms with van der Waals surface area (Å²) in [6.45, 7) is 0.932. The number of rotatable bonds is 2. The van der Waals surface area contributed by atoms with Gasteiger partial charge in [-0.15, -0.1) is 0 Å². The monoisotopic (exact) mass is 244 g/mol. The predicted molar refractivity (Wildman–Crippen MR) is 70.0 cm³/mol. The fourth-order valence-electron chi connectivity index (χ4n) is 2.28. The van der Waals surface area contributed by atoms with Gasteiger partial charge >= 0.3 is 0 Å². The van der Waals surface area contributed by atoms with Gasteiger partial charge in [0.2, 0.25) is 5.89 Å². The highest BCUT2D eigenvalue weighted by Crippen LogP contribution is 2.35. The molecule has 18 heavy (non-hydrogen) atoms. The van der Waals surface area contributed by atoms with Crippen LogP contribution in [0, 0.1) is 0 Å². The number of aromatic nitrogens is 2. The second kappa shape index (κ2) is 4.33. The number of benzene rings is 1. The molecule has 1 aliphatic rings. The van der Waals surface area contributed by atoms with Crippen molar-refractivity contribution in [2.45, 2.75) is 12.3 Å². The lowest BCUT2D eigenvalue weighted by molar-refractivity contribution is 0.360. The van der Waals surface area contributed by atoms with Crippen molar-refractivity contribution in [2.75, 3.05) is 30.9 Å². The molecule has 0 amide bonds. The molecule has 0 spiro atoms. The third kappa shape index (κ3) is 1.81. The van der Waals surface area contributed by atoms with Gasteiger partial charge in [-0.2, -0.15) is 4.98 Å². The highest BCUT2D eigenvalue weighted by atomic mass is 16.5. The molecule has 1 aromatic carbocycles. The van der Waals surface area contributed by atoms with Crippen molar-refractivity contribution < 1.29 is 4.52 Å². The van der Waals surface area contributed by atoms with E-state index >= 15 is 0 Å².